The molecule has 0 radical (unpaired) electrons. The van der Waals surface area contributed by atoms with Gasteiger partial charge in [0.15, 0.2) is 0 Å². The first-order chi connectivity index (χ1) is 13.9. The largest absolute Gasteiger partial charge is 0.271 e. The van der Waals surface area contributed by atoms with Gasteiger partial charge in [-0.05, 0) is 54.8 Å². The monoisotopic (exact) mass is 405 g/mol. The average molecular weight is 406 g/mol. The fourth-order valence-electron chi connectivity index (χ4n) is 2.86. The van der Waals surface area contributed by atoms with Crippen LogP contribution in [0.15, 0.2) is 89.8 Å². The Morgan fingerprint density at radius 2 is 1.52 bits per heavy atom. The number of amides is 1. The summed E-state index contributed by atoms with van der Waals surface area (Å²) >= 11 is 0. The van der Waals surface area contributed by atoms with Gasteiger partial charge >= 0.3 is 0 Å². The lowest BCUT2D eigenvalue weighted by Gasteiger charge is -2.21. The van der Waals surface area contributed by atoms with Gasteiger partial charge in [0.25, 0.3) is 15.9 Å². The standard InChI is InChI=1S/C24H23NO3S/c1-3-20-13-16-22(17-14-20)25(29(27,28)23-7-5-4-6-8-23)24(26)18-15-21-11-9-19(2)10-12-21/h4-18H,3H2,1-2H3/b18-15+. The number of sulfonamides is 1. The molecule has 148 valence electrons. The molecule has 0 saturated heterocycles. The number of nitrogens with zero attached hydrogens (tertiary/aromatic N) is 1. The summed E-state index contributed by atoms with van der Waals surface area (Å²) < 4.78 is 27.4. The molecule has 3 aromatic carbocycles. The number of rotatable bonds is 6. The molecule has 5 heteroatoms. The third-order valence-corrected chi connectivity index (χ3v) is 6.30. The van der Waals surface area contributed by atoms with E-state index in [4.69, 9.17) is 0 Å². The predicted octanol–water partition coefficient (Wildman–Crippen LogP) is 4.99. The highest BCUT2D eigenvalue weighted by molar-refractivity contribution is 7.93. The van der Waals surface area contributed by atoms with Gasteiger partial charge in [0.2, 0.25) is 0 Å². The van der Waals surface area contributed by atoms with Crippen molar-refractivity contribution < 1.29 is 13.2 Å². The Hall–Kier alpha value is -3.18. The van der Waals surface area contributed by atoms with E-state index in [9.17, 15) is 13.2 Å². The number of carbonyl (C=O) groups excluding carboxylic acids is 1. The van der Waals surface area contributed by atoms with Crippen molar-refractivity contribution in [2.75, 3.05) is 4.31 Å². The molecular weight excluding hydrogens is 382 g/mol. The smallest absolute Gasteiger partial charge is 0.268 e. The van der Waals surface area contributed by atoms with Gasteiger partial charge in [-0.1, -0.05) is 67.1 Å². The first kappa shape index (κ1) is 20.6. The number of anilines is 1. The van der Waals surface area contributed by atoms with Crippen LogP contribution in [0.4, 0.5) is 5.69 Å². The van der Waals surface area contributed by atoms with Gasteiger partial charge in [-0.3, -0.25) is 4.79 Å². The molecule has 3 rings (SSSR count). The number of aryl methyl sites for hydroxylation is 2. The van der Waals surface area contributed by atoms with E-state index >= 15 is 0 Å². The van der Waals surface area contributed by atoms with Crippen molar-refractivity contribution in [3.63, 3.8) is 0 Å². The Morgan fingerprint density at radius 1 is 0.897 bits per heavy atom. The van der Waals surface area contributed by atoms with Gasteiger partial charge in [-0.2, -0.15) is 4.31 Å². The molecule has 0 saturated carbocycles. The van der Waals surface area contributed by atoms with E-state index < -0.39 is 15.9 Å². The van der Waals surface area contributed by atoms with Gasteiger partial charge in [0.1, 0.15) is 0 Å². The first-order valence-corrected chi connectivity index (χ1v) is 10.8. The lowest BCUT2D eigenvalue weighted by molar-refractivity contribution is -0.113. The number of carbonyl (C=O) groups is 1. The summed E-state index contributed by atoms with van der Waals surface area (Å²) in [6, 6.07) is 22.6. The molecule has 0 N–H and O–H groups in total. The van der Waals surface area contributed by atoms with E-state index in [0.717, 1.165) is 27.4 Å². The van der Waals surface area contributed by atoms with Crippen LogP contribution < -0.4 is 4.31 Å². The molecule has 1 amide bonds. The van der Waals surface area contributed by atoms with Crippen LogP contribution in [0.3, 0.4) is 0 Å². The Balaban J connectivity index is 2.02. The van der Waals surface area contributed by atoms with Crippen molar-refractivity contribution in [1.29, 1.82) is 0 Å². The number of hydrogen-bond donors (Lipinski definition) is 0. The van der Waals surface area contributed by atoms with Gasteiger partial charge < -0.3 is 0 Å². The normalized spacial score (nSPS) is 11.5. The molecule has 0 atom stereocenters. The molecule has 4 nitrogen and oxygen atoms in total. The van der Waals surface area contributed by atoms with Crippen LogP contribution in [0.2, 0.25) is 0 Å². The third kappa shape index (κ3) is 4.81. The topological polar surface area (TPSA) is 54.5 Å². The zero-order valence-corrected chi connectivity index (χ0v) is 17.3. The summed E-state index contributed by atoms with van der Waals surface area (Å²) in [5.74, 6) is -0.626. The molecule has 0 aliphatic rings. The van der Waals surface area contributed by atoms with Crippen molar-refractivity contribution >= 4 is 27.7 Å². The van der Waals surface area contributed by atoms with Crippen LogP contribution in [-0.2, 0) is 21.2 Å². The van der Waals surface area contributed by atoms with E-state index in [1.54, 1.807) is 36.4 Å². The Bertz CT molecular complexity index is 1100. The SMILES string of the molecule is CCc1ccc(N(C(=O)/C=C/c2ccc(C)cc2)S(=O)(=O)c2ccccc2)cc1. The van der Waals surface area contributed by atoms with Crippen LogP contribution in [0, 0.1) is 6.92 Å². The fraction of sp³-hybridized carbons (Fsp3) is 0.125. The Morgan fingerprint density at radius 3 is 2.10 bits per heavy atom. The summed E-state index contributed by atoms with van der Waals surface area (Å²) in [7, 11) is -4.05. The maximum Gasteiger partial charge on any atom is 0.271 e. The Kier molecular flexibility index (Phi) is 6.29. The summed E-state index contributed by atoms with van der Waals surface area (Å²) in [6.45, 7) is 4.00. The zero-order valence-electron chi connectivity index (χ0n) is 16.4. The molecule has 0 fully saturated rings. The zero-order chi connectivity index (χ0) is 20.9. The van der Waals surface area contributed by atoms with Crippen LogP contribution in [0.1, 0.15) is 23.6 Å². The third-order valence-electron chi connectivity index (χ3n) is 4.56. The Labute approximate surface area is 172 Å². The van der Waals surface area contributed by atoms with Gasteiger partial charge in [0, 0.05) is 6.08 Å². The van der Waals surface area contributed by atoms with Crippen molar-refractivity contribution in [3.8, 4) is 0 Å². The van der Waals surface area contributed by atoms with Gasteiger partial charge in [0.05, 0.1) is 10.6 Å². The molecule has 0 aliphatic carbocycles. The van der Waals surface area contributed by atoms with E-state index in [2.05, 4.69) is 0 Å². The fourth-order valence-corrected chi connectivity index (χ4v) is 4.27. The van der Waals surface area contributed by atoms with Crippen LogP contribution in [-0.4, -0.2) is 14.3 Å². The molecule has 0 heterocycles. The summed E-state index contributed by atoms with van der Waals surface area (Å²) in [4.78, 5) is 13.1. The lowest BCUT2D eigenvalue weighted by Crippen LogP contribution is -2.35. The van der Waals surface area contributed by atoms with Crippen molar-refractivity contribution in [3.05, 3.63) is 102 Å². The second-order valence-corrected chi connectivity index (χ2v) is 8.47. The number of hydrogen-bond acceptors (Lipinski definition) is 3. The molecular formula is C24H23NO3S. The van der Waals surface area contributed by atoms with E-state index in [0.29, 0.717) is 5.69 Å². The highest BCUT2D eigenvalue weighted by Crippen LogP contribution is 2.25. The molecule has 0 spiro atoms. The molecule has 0 bridgehead atoms. The maximum absolute atomic E-state index is 13.3. The van der Waals surface area contributed by atoms with E-state index in [-0.39, 0.29) is 4.90 Å². The molecule has 0 aliphatic heterocycles. The van der Waals surface area contributed by atoms with Crippen LogP contribution in [0.5, 0.6) is 0 Å². The highest BCUT2D eigenvalue weighted by Gasteiger charge is 2.29. The molecule has 29 heavy (non-hydrogen) atoms. The number of benzene rings is 3. The van der Waals surface area contributed by atoms with E-state index in [1.807, 2.05) is 50.2 Å². The minimum atomic E-state index is -4.05. The predicted molar refractivity (Wildman–Crippen MR) is 117 cm³/mol. The van der Waals surface area contributed by atoms with Crippen molar-refractivity contribution in [1.82, 2.24) is 0 Å². The first-order valence-electron chi connectivity index (χ1n) is 9.40. The average Bonchev–Trinajstić information content (AvgIpc) is 2.74. The molecule has 0 unspecified atom stereocenters. The van der Waals surface area contributed by atoms with Gasteiger partial charge in [-0.25, -0.2) is 8.42 Å². The van der Waals surface area contributed by atoms with Crippen LogP contribution in [0.25, 0.3) is 6.08 Å². The van der Waals surface area contributed by atoms with E-state index in [1.165, 1.54) is 18.2 Å². The minimum absolute atomic E-state index is 0.0663. The second kappa shape index (κ2) is 8.88. The minimum Gasteiger partial charge on any atom is -0.268 e. The van der Waals surface area contributed by atoms with Crippen molar-refractivity contribution in [2.24, 2.45) is 0 Å². The molecule has 3 aromatic rings. The summed E-state index contributed by atoms with van der Waals surface area (Å²) in [5, 5.41) is 0. The maximum atomic E-state index is 13.3. The lowest BCUT2D eigenvalue weighted by atomic mass is 10.1. The quantitative estimate of drug-likeness (QED) is 0.543. The van der Waals surface area contributed by atoms with Gasteiger partial charge in [-0.15, -0.1) is 0 Å². The van der Waals surface area contributed by atoms with Crippen molar-refractivity contribution in [2.45, 2.75) is 25.2 Å². The highest BCUT2D eigenvalue weighted by atomic mass is 32.2. The second-order valence-electron chi connectivity index (χ2n) is 6.68. The summed E-state index contributed by atoms with van der Waals surface area (Å²) in [5.41, 5.74) is 3.30. The summed E-state index contributed by atoms with van der Waals surface area (Å²) in [6.07, 6.45) is 3.74. The molecule has 0 aromatic heterocycles. The van der Waals surface area contributed by atoms with Crippen LogP contribution >= 0.6 is 0 Å².